The van der Waals surface area contributed by atoms with E-state index in [-0.39, 0.29) is 5.24 Å². The summed E-state index contributed by atoms with van der Waals surface area (Å²) in [6.45, 7) is 5.83. The zero-order valence-corrected chi connectivity index (χ0v) is 13.0. The summed E-state index contributed by atoms with van der Waals surface area (Å²) in [5, 5.41) is 5.29. The van der Waals surface area contributed by atoms with Gasteiger partial charge in [-0.2, -0.15) is 0 Å². The molecule has 1 rings (SSSR count). The summed E-state index contributed by atoms with van der Waals surface area (Å²) in [7, 11) is 0. The van der Waals surface area contributed by atoms with Crippen LogP contribution in [-0.2, 0) is 11.3 Å². The average Bonchev–Trinajstić information content (AvgIpc) is 2.36. The van der Waals surface area contributed by atoms with Crippen molar-refractivity contribution in [1.29, 1.82) is 0 Å². The van der Waals surface area contributed by atoms with Gasteiger partial charge in [0, 0.05) is 12.2 Å². The van der Waals surface area contributed by atoms with Crippen molar-refractivity contribution in [3.63, 3.8) is 0 Å². The fourth-order valence-electron chi connectivity index (χ4n) is 1.36. The number of thioether (sulfide) groups is 1. The highest BCUT2D eigenvalue weighted by Crippen LogP contribution is 2.12. The van der Waals surface area contributed by atoms with E-state index in [0.717, 1.165) is 23.0 Å². The van der Waals surface area contributed by atoms with Crippen LogP contribution in [0.1, 0.15) is 26.3 Å². The highest BCUT2D eigenvalue weighted by molar-refractivity contribution is 8.13. The van der Waals surface area contributed by atoms with E-state index >= 15 is 0 Å². The molecule has 0 bridgehead atoms. The lowest BCUT2D eigenvalue weighted by Gasteiger charge is -2.19. The van der Waals surface area contributed by atoms with Crippen LogP contribution in [0.25, 0.3) is 0 Å². The van der Waals surface area contributed by atoms with Crippen molar-refractivity contribution in [2.45, 2.75) is 32.9 Å². The third-order valence-corrected chi connectivity index (χ3v) is 2.69. The molecule has 0 unspecified atom stereocenters. The quantitative estimate of drug-likeness (QED) is 0.894. The lowest BCUT2D eigenvalue weighted by Crippen LogP contribution is -2.32. The molecule has 20 heavy (non-hydrogen) atoms. The monoisotopic (exact) mass is 296 g/mol. The zero-order chi connectivity index (χ0) is 15.2. The molecule has 0 spiro atoms. The number of rotatable bonds is 3. The van der Waals surface area contributed by atoms with Crippen LogP contribution in [-0.4, -0.2) is 23.2 Å². The van der Waals surface area contributed by atoms with Gasteiger partial charge in [0.05, 0.1) is 0 Å². The zero-order valence-electron chi connectivity index (χ0n) is 12.1. The molecule has 0 atom stereocenters. The van der Waals surface area contributed by atoms with Crippen LogP contribution >= 0.6 is 11.8 Å². The Morgan fingerprint density at radius 2 is 1.80 bits per heavy atom. The molecule has 0 aliphatic rings. The van der Waals surface area contributed by atoms with Gasteiger partial charge in [0.1, 0.15) is 5.60 Å². The summed E-state index contributed by atoms with van der Waals surface area (Å²) in [6, 6.07) is 7.26. The van der Waals surface area contributed by atoms with Crippen LogP contribution in [0.4, 0.5) is 15.3 Å². The first kappa shape index (κ1) is 16.4. The van der Waals surface area contributed by atoms with Gasteiger partial charge in [-0.25, -0.2) is 4.79 Å². The number of hydrogen-bond donors (Lipinski definition) is 2. The van der Waals surface area contributed by atoms with Crippen molar-refractivity contribution < 1.29 is 14.3 Å². The summed E-state index contributed by atoms with van der Waals surface area (Å²) in [5.41, 5.74) is 1.15. The Balaban J connectivity index is 2.46. The smallest absolute Gasteiger partial charge is 0.407 e. The number of carbonyl (C=O) groups is 2. The number of nitrogens with one attached hydrogen (secondary N) is 2. The maximum atomic E-state index is 11.5. The van der Waals surface area contributed by atoms with Gasteiger partial charge < -0.3 is 15.4 Å². The van der Waals surface area contributed by atoms with Crippen molar-refractivity contribution in [2.24, 2.45) is 0 Å². The highest BCUT2D eigenvalue weighted by atomic mass is 32.2. The van der Waals surface area contributed by atoms with Crippen molar-refractivity contribution >= 4 is 28.8 Å². The normalized spacial score (nSPS) is 10.8. The predicted octanol–water partition coefficient (Wildman–Crippen LogP) is 3.61. The van der Waals surface area contributed by atoms with Gasteiger partial charge in [0.25, 0.3) is 5.24 Å². The second-order valence-electron chi connectivity index (χ2n) is 5.17. The lowest BCUT2D eigenvalue weighted by molar-refractivity contribution is 0.0523. The van der Waals surface area contributed by atoms with E-state index < -0.39 is 11.7 Å². The topological polar surface area (TPSA) is 67.4 Å². The molecule has 0 saturated carbocycles. The predicted molar refractivity (Wildman–Crippen MR) is 82.0 cm³/mol. The van der Waals surface area contributed by atoms with Crippen molar-refractivity contribution in [1.82, 2.24) is 5.32 Å². The summed E-state index contributed by atoms with van der Waals surface area (Å²) < 4.78 is 5.14. The third kappa shape index (κ3) is 6.47. The van der Waals surface area contributed by atoms with Gasteiger partial charge in [-0.1, -0.05) is 23.9 Å². The lowest BCUT2D eigenvalue weighted by atomic mass is 10.2. The molecule has 1 aromatic carbocycles. The second kappa shape index (κ2) is 7.19. The van der Waals surface area contributed by atoms with Crippen molar-refractivity contribution in [3.8, 4) is 0 Å². The average molecular weight is 296 g/mol. The molecule has 0 radical (unpaired) electrons. The molecule has 1 aromatic rings. The van der Waals surface area contributed by atoms with E-state index in [1.807, 2.05) is 32.9 Å². The van der Waals surface area contributed by atoms with E-state index in [0.29, 0.717) is 6.54 Å². The van der Waals surface area contributed by atoms with Gasteiger partial charge in [-0.3, -0.25) is 4.79 Å². The Kier molecular flexibility index (Phi) is 5.88. The third-order valence-electron chi connectivity index (χ3n) is 2.22. The largest absolute Gasteiger partial charge is 0.444 e. The number of amides is 2. The van der Waals surface area contributed by atoms with E-state index in [2.05, 4.69) is 10.6 Å². The number of alkyl carbamates (subject to hydrolysis) is 1. The summed E-state index contributed by atoms with van der Waals surface area (Å²) in [5.74, 6) is 0. The van der Waals surface area contributed by atoms with Gasteiger partial charge in [-0.05, 0) is 44.7 Å². The van der Waals surface area contributed by atoms with Gasteiger partial charge in [0.2, 0.25) is 0 Å². The van der Waals surface area contributed by atoms with Crippen LogP contribution in [0.2, 0.25) is 0 Å². The molecule has 110 valence electrons. The number of benzene rings is 1. The number of carbonyl (C=O) groups excluding carboxylic acids is 2. The molecule has 0 aliphatic carbocycles. The fourth-order valence-corrected chi connectivity index (χ4v) is 1.58. The standard InChI is InChI=1S/C14H20N2O3S/c1-14(2,3)19-12(17)15-9-10-5-7-11(8-6-10)16-13(18)20-4/h5-8H,9H2,1-4H3,(H,15,17)(H,16,18). The van der Waals surface area contributed by atoms with Crippen LogP contribution in [0.3, 0.4) is 0 Å². The highest BCUT2D eigenvalue weighted by Gasteiger charge is 2.15. The Bertz CT molecular complexity index is 466. The Labute approximate surface area is 123 Å². The molecule has 6 heteroatoms. The molecule has 2 amide bonds. The second-order valence-corrected chi connectivity index (χ2v) is 5.95. The molecule has 0 heterocycles. The Morgan fingerprint density at radius 3 is 2.30 bits per heavy atom. The minimum absolute atomic E-state index is 0.107. The summed E-state index contributed by atoms with van der Waals surface area (Å²) >= 11 is 1.12. The van der Waals surface area contributed by atoms with Crippen molar-refractivity contribution in [2.75, 3.05) is 11.6 Å². The first-order valence-corrected chi connectivity index (χ1v) is 7.43. The van der Waals surface area contributed by atoms with Crippen LogP contribution in [0.15, 0.2) is 24.3 Å². The summed E-state index contributed by atoms with van der Waals surface area (Å²) in [6.07, 6.45) is 1.27. The molecule has 0 saturated heterocycles. The van der Waals surface area contributed by atoms with Gasteiger partial charge >= 0.3 is 6.09 Å². The van der Waals surface area contributed by atoms with E-state index in [1.165, 1.54) is 0 Å². The Hall–Kier alpha value is -1.69. The fraction of sp³-hybridized carbons (Fsp3) is 0.429. The number of anilines is 1. The van der Waals surface area contributed by atoms with Crippen molar-refractivity contribution in [3.05, 3.63) is 29.8 Å². The molecule has 0 aromatic heterocycles. The van der Waals surface area contributed by atoms with Gasteiger partial charge in [-0.15, -0.1) is 0 Å². The molecular weight excluding hydrogens is 276 g/mol. The summed E-state index contributed by atoms with van der Waals surface area (Å²) in [4.78, 5) is 22.7. The molecule has 5 nitrogen and oxygen atoms in total. The van der Waals surface area contributed by atoms with E-state index in [4.69, 9.17) is 4.74 Å². The molecule has 0 aliphatic heterocycles. The Morgan fingerprint density at radius 1 is 1.20 bits per heavy atom. The van der Waals surface area contributed by atoms with Crippen LogP contribution in [0.5, 0.6) is 0 Å². The maximum Gasteiger partial charge on any atom is 0.407 e. The van der Waals surface area contributed by atoms with Crippen LogP contribution in [0, 0.1) is 0 Å². The van der Waals surface area contributed by atoms with E-state index in [9.17, 15) is 9.59 Å². The van der Waals surface area contributed by atoms with E-state index in [1.54, 1.807) is 18.4 Å². The minimum atomic E-state index is -0.504. The SMILES string of the molecule is CSC(=O)Nc1ccc(CNC(=O)OC(C)(C)C)cc1. The molecule has 2 N–H and O–H groups in total. The van der Waals surface area contributed by atoms with Crippen LogP contribution < -0.4 is 10.6 Å². The first-order chi connectivity index (χ1) is 9.30. The number of ether oxygens (including phenoxy) is 1. The molecular formula is C14H20N2O3S. The van der Waals surface area contributed by atoms with Gasteiger partial charge in [0.15, 0.2) is 0 Å². The molecule has 0 fully saturated rings. The maximum absolute atomic E-state index is 11.5. The minimum Gasteiger partial charge on any atom is -0.444 e. The number of hydrogen-bond acceptors (Lipinski definition) is 4. The first-order valence-electron chi connectivity index (χ1n) is 6.21.